The summed E-state index contributed by atoms with van der Waals surface area (Å²) in [7, 11) is 0. The number of ketones is 1. The monoisotopic (exact) mass is 365 g/mol. The Morgan fingerprint density at radius 2 is 1.85 bits per heavy atom. The van der Waals surface area contributed by atoms with Crippen LogP contribution in [0.1, 0.15) is 31.2 Å². The van der Waals surface area contributed by atoms with E-state index < -0.39 is 22.7 Å². The molecule has 1 fully saturated rings. The highest BCUT2D eigenvalue weighted by molar-refractivity contribution is 5.79. The van der Waals surface area contributed by atoms with E-state index in [-0.39, 0.29) is 50.3 Å². The van der Waals surface area contributed by atoms with Gasteiger partial charge >= 0.3 is 12.2 Å². The van der Waals surface area contributed by atoms with E-state index in [9.17, 15) is 24.5 Å². The zero-order valence-electron chi connectivity index (χ0n) is 13.9. The third-order valence-corrected chi connectivity index (χ3v) is 4.11. The number of Topliss-reactive ketones (excluding diaryl/α,β-unsaturated/α-hetero) is 1. The molecular weight excluding hydrogens is 346 g/mol. The van der Waals surface area contributed by atoms with Gasteiger partial charge in [0.15, 0.2) is 0 Å². The smallest absolute Gasteiger partial charge is 0.407 e. The van der Waals surface area contributed by atoms with Crippen LogP contribution in [0, 0.1) is 10.1 Å². The van der Waals surface area contributed by atoms with Crippen LogP contribution in [-0.4, -0.2) is 35.0 Å². The van der Waals surface area contributed by atoms with E-state index in [0.717, 1.165) is 0 Å². The Morgan fingerprint density at radius 3 is 2.38 bits per heavy atom. The first-order valence-electron chi connectivity index (χ1n) is 7.94. The van der Waals surface area contributed by atoms with Crippen LogP contribution < -0.4 is 11.1 Å². The lowest BCUT2D eigenvalue weighted by Crippen LogP contribution is -2.49. The predicted octanol–water partition coefficient (Wildman–Crippen LogP) is 1.80. The van der Waals surface area contributed by atoms with Crippen LogP contribution in [0.3, 0.4) is 0 Å². The molecule has 0 saturated heterocycles. The molecular formula is C16H19N3O7. The number of non-ortho nitro benzene ring substituents is 1. The molecule has 26 heavy (non-hydrogen) atoms. The molecule has 1 saturated carbocycles. The second kappa shape index (κ2) is 8.28. The van der Waals surface area contributed by atoms with Crippen molar-refractivity contribution >= 4 is 23.7 Å². The number of alkyl carbamates (subject to hydrolysis) is 1. The number of nitrogens with one attached hydrogen (secondary N) is 1. The predicted molar refractivity (Wildman–Crippen MR) is 88.2 cm³/mol. The molecule has 0 heterocycles. The Bertz CT molecular complexity index is 692. The highest BCUT2D eigenvalue weighted by atomic mass is 16.6. The van der Waals surface area contributed by atoms with Crippen LogP contribution in [0.4, 0.5) is 15.3 Å². The number of nitrogens with two attached hydrogens (primary N) is 1. The number of rotatable bonds is 6. The quantitative estimate of drug-likeness (QED) is 0.576. The van der Waals surface area contributed by atoms with Crippen molar-refractivity contribution in [1.29, 1.82) is 0 Å². The first-order valence-corrected chi connectivity index (χ1v) is 7.94. The summed E-state index contributed by atoms with van der Waals surface area (Å²) in [4.78, 5) is 44.4. The molecule has 1 aromatic rings. The first-order chi connectivity index (χ1) is 12.3. The number of ether oxygens (including phenoxy) is 2. The van der Waals surface area contributed by atoms with Gasteiger partial charge in [0.25, 0.3) is 5.69 Å². The summed E-state index contributed by atoms with van der Waals surface area (Å²) >= 11 is 0. The zero-order valence-corrected chi connectivity index (χ0v) is 13.9. The van der Waals surface area contributed by atoms with E-state index in [0.29, 0.717) is 5.56 Å². The molecule has 2 rings (SSSR count). The molecule has 0 radical (unpaired) electrons. The topological polar surface area (TPSA) is 151 Å². The van der Waals surface area contributed by atoms with Crippen molar-refractivity contribution in [3.63, 3.8) is 0 Å². The summed E-state index contributed by atoms with van der Waals surface area (Å²) in [5, 5.41) is 13.1. The van der Waals surface area contributed by atoms with Gasteiger partial charge in [0.05, 0.1) is 11.5 Å². The van der Waals surface area contributed by atoms with Crippen molar-refractivity contribution in [2.24, 2.45) is 5.73 Å². The number of amides is 2. The van der Waals surface area contributed by atoms with Gasteiger partial charge in [-0.2, -0.15) is 0 Å². The normalized spacial score (nSPS) is 15.8. The maximum atomic E-state index is 11.8. The molecule has 0 aliphatic heterocycles. The summed E-state index contributed by atoms with van der Waals surface area (Å²) in [6.45, 7) is -0.103. The van der Waals surface area contributed by atoms with Gasteiger partial charge in [-0.3, -0.25) is 14.9 Å². The second-order valence-corrected chi connectivity index (χ2v) is 6.00. The maximum absolute atomic E-state index is 11.8. The number of carbonyl (C=O) groups is 3. The number of nitrogens with zero attached hydrogens (tertiary/aromatic N) is 1. The molecule has 0 unspecified atom stereocenters. The molecule has 140 valence electrons. The lowest BCUT2D eigenvalue weighted by Gasteiger charge is -2.35. The Morgan fingerprint density at radius 1 is 1.23 bits per heavy atom. The number of nitro groups is 1. The number of carbonyl (C=O) groups excluding carboxylic acids is 3. The van der Waals surface area contributed by atoms with Gasteiger partial charge in [0, 0.05) is 25.0 Å². The van der Waals surface area contributed by atoms with Crippen LogP contribution >= 0.6 is 0 Å². The molecule has 0 spiro atoms. The minimum atomic E-state index is -1.02. The van der Waals surface area contributed by atoms with Crippen LogP contribution in [0.5, 0.6) is 0 Å². The Kier molecular flexibility index (Phi) is 6.10. The highest BCUT2D eigenvalue weighted by Gasteiger charge is 2.38. The molecule has 1 aliphatic rings. The molecule has 0 bridgehead atoms. The third kappa shape index (κ3) is 5.43. The SMILES string of the molecule is NC(=O)OC1(CNC(=O)OCc2ccc([N+](=O)[O-])cc2)CCC(=O)CC1. The first kappa shape index (κ1) is 19.2. The van der Waals surface area contributed by atoms with E-state index in [1.165, 1.54) is 24.3 Å². The molecule has 3 N–H and O–H groups in total. The van der Waals surface area contributed by atoms with Crippen molar-refractivity contribution in [1.82, 2.24) is 5.32 Å². The number of primary amides is 1. The maximum Gasteiger partial charge on any atom is 0.407 e. The van der Waals surface area contributed by atoms with Crippen molar-refractivity contribution < 1.29 is 28.8 Å². The Labute approximate surface area is 148 Å². The van der Waals surface area contributed by atoms with Crippen LogP contribution in [0.2, 0.25) is 0 Å². The molecule has 1 aliphatic carbocycles. The minimum Gasteiger partial charge on any atom is -0.445 e. The van der Waals surface area contributed by atoms with E-state index in [2.05, 4.69) is 5.32 Å². The van der Waals surface area contributed by atoms with Crippen molar-refractivity contribution in [3.8, 4) is 0 Å². The molecule has 10 heteroatoms. The fourth-order valence-electron chi connectivity index (χ4n) is 2.66. The number of hydrogen-bond acceptors (Lipinski definition) is 7. The van der Waals surface area contributed by atoms with E-state index in [1.54, 1.807) is 0 Å². The van der Waals surface area contributed by atoms with Crippen molar-refractivity contribution in [2.45, 2.75) is 37.9 Å². The Hall–Kier alpha value is -3.17. The minimum absolute atomic E-state index is 0.0255. The van der Waals surface area contributed by atoms with Gasteiger partial charge in [0.2, 0.25) is 0 Å². The van der Waals surface area contributed by atoms with Gasteiger partial charge in [-0.05, 0) is 30.5 Å². The number of hydrogen-bond donors (Lipinski definition) is 2. The van der Waals surface area contributed by atoms with Crippen LogP contribution in [0.15, 0.2) is 24.3 Å². The van der Waals surface area contributed by atoms with Gasteiger partial charge in [-0.25, -0.2) is 9.59 Å². The molecule has 1 aromatic carbocycles. The molecule has 0 atom stereocenters. The average molecular weight is 365 g/mol. The van der Waals surface area contributed by atoms with E-state index in [4.69, 9.17) is 15.2 Å². The van der Waals surface area contributed by atoms with Crippen LogP contribution in [0.25, 0.3) is 0 Å². The fraction of sp³-hybridized carbons (Fsp3) is 0.438. The highest BCUT2D eigenvalue weighted by Crippen LogP contribution is 2.29. The summed E-state index contributed by atoms with van der Waals surface area (Å²) < 4.78 is 10.2. The summed E-state index contributed by atoms with van der Waals surface area (Å²) in [5.41, 5.74) is 4.58. The fourth-order valence-corrected chi connectivity index (χ4v) is 2.66. The lowest BCUT2D eigenvalue weighted by molar-refractivity contribution is -0.384. The molecule has 10 nitrogen and oxygen atoms in total. The van der Waals surface area contributed by atoms with Crippen molar-refractivity contribution in [2.75, 3.05) is 6.54 Å². The molecule has 0 aromatic heterocycles. The van der Waals surface area contributed by atoms with Crippen LogP contribution in [-0.2, 0) is 20.9 Å². The van der Waals surface area contributed by atoms with E-state index in [1.807, 2.05) is 0 Å². The summed E-state index contributed by atoms with van der Waals surface area (Å²) in [6, 6.07) is 5.59. The largest absolute Gasteiger partial charge is 0.445 e. The van der Waals surface area contributed by atoms with Crippen molar-refractivity contribution in [3.05, 3.63) is 39.9 Å². The third-order valence-electron chi connectivity index (χ3n) is 4.11. The molecule has 2 amide bonds. The van der Waals surface area contributed by atoms with Gasteiger partial charge in [-0.15, -0.1) is 0 Å². The number of benzene rings is 1. The number of nitro benzene ring substituents is 1. The second-order valence-electron chi connectivity index (χ2n) is 6.00. The van der Waals surface area contributed by atoms with E-state index >= 15 is 0 Å². The standard InChI is InChI=1S/C16H19N3O7/c17-14(21)26-16(7-5-13(20)6-8-16)10-18-15(22)25-9-11-1-3-12(4-2-11)19(23)24/h1-4H,5-10H2,(H2,17,21)(H,18,22). The van der Waals surface area contributed by atoms with Gasteiger partial charge in [0.1, 0.15) is 18.0 Å². The van der Waals surface area contributed by atoms with Gasteiger partial charge in [-0.1, -0.05) is 0 Å². The zero-order chi connectivity index (χ0) is 19.2. The summed E-state index contributed by atoms with van der Waals surface area (Å²) in [5.74, 6) is 0.0643. The summed E-state index contributed by atoms with van der Waals surface area (Å²) in [6.07, 6.45) is -0.679. The van der Waals surface area contributed by atoms with Gasteiger partial charge < -0.3 is 20.5 Å². The average Bonchev–Trinajstić information content (AvgIpc) is 2.60. The lowest BCUT2D eigenvalue weighted by atomic mass is 9.84. The Balaban J connectivity index is 1.84.